The summed E-state index contributed by atoms with van der Waals surface area (Å²) in [4.78, 5) is 24.0. The van der Waals surface area contributed by atoms with Crippen LogP contribution in [0.15, 0.2) is 54.9 Å². The second-order valence-electron chi connectivity index (χ2n) is 6.64. The van der Waals surface area contributed by atoms with Crippen molar-refractivity contribution < 1.29 is 19.6 Å². The van der Waals surface area contributed by atoms with Crippen LogP contribution in [-0.4, -0.2) is 42.7 Å². The van der Waals surface area contributed by atoms with E-state index < -0.39 is 7.12 Å². The number of hydrogen-bond donors (Lipinski definition) is 3. The number of aromatic nitrogens is 4. The lowest BCUT2D eigenvalue weighted by Gasteiger charge is -2.12. The Hall–Kier alpha value is -3.76. The molecule has 30 heavy (non-hydrogen) atoms. The average Bonchev–Trinajstić information content (AvgIpc) is 3.11. The van der Waals surface area contributed by atoms with Crippen LogP contribution >= 0.6 is 0 Å². The third-order valence-electron chi connectivity index (χ3n) is 4.55. The van der Waals surface area contributed by atoms with E-state index in [1.165, 1.54) is 13.1 Å². The molecule has 4 N–H and O–H groups in total. The van der Waals surface area contributed by atoms with Gasteiger partial charge in [-0.15, -0.1) is 0 Å². The number of fused-ring (bicyclic) bond motifs is 1. The van der Waals surface area contributed by atoms with Gasteiger partial charge in [0.25, 0.3) is 0 Å². The van der Waals surface area contributed by atoms with Crippen molar-refractivity contribution >= 4 is 35.5 Å². The summed E-state index contributed by atoms with van der Waals surface area (Å²) >= 11 is 0. The Morgan fingerprint density at radius 2 is 1.97 bits per heavy atom. The molecule has 0 saturated heterocycles. The summed E-state index contributed by atoms with van der Waals surface area (Å²) < 4.78 is 6.85. The zero-order valence-electron chi connectivity index (χ0n) is 16.1. The fourth-order valence-electron chi connectivity index (χ4n) is 3.09. The molecule has 0 unspecified atom stereocenters. The summed E-state index contributed by atoms with van der Waals surface area (Å²) in [7, 11) is -1.66. The van der Waals surface area contributed by atoms with E-state index in [0.717, 1.165) is 11.3 Å². The Balaban J connectivity index is 1.89. The number of nitrogen functional groups attached to an aromatic ring is 1. The van der Waals surface area contributed by atoms with Crippen LogP contribution in [0.2, 0.25) is 0 Å². The molecule has 0 radical (unpaired) electrons. The molecule has 9 nitrogen and oxygen atoms in total. The van der Waals surface area contributed by atoms with Gasteiger partial charge >= 0.3 is 13.1 Å². The number of nitrogens with two attached hydrogens (primary N) is 1. The Labute approximate surface area is 171 Å². The maximum atomic E-state index is 11.0. The van der Waals surface area contributed by atoms with E-state index in [-0.39, 0.29) is 18.0 Å². The number of imidazole rings is 1. The average molecular weight is 403 g/mol. The lowest BCUT2D eigenvalue weighted by atomic mass is 9.81. The van der Waals surface area contributed by atoms with Crippen LogP contribution in [0.5, 0.6) is 0 Å². The van der Waals surface area contributed by atoms with E-state index >= 15 is 0 Å². The monoisotopic (exact) mass is 403 g/mol. The van der Waals surface area contributed by atoms with E-state index in [0.29, 0.717) is 28.4 Å². The largest absolute Gasteiger partial charge is 0.490 e. The normalized spacial score (nSPS) is 10.9. The Bertz CT molecular complexity index is 1220. The van der Waals surface area contributed by atoms with E-state index in [1.807, 2.05) is 28.8 Å². The molecule has 0 saturated carbocycles. The van der Waals surface area contributed by atoms with Gasteiger partial charge in [0.2, 0.25) is 0 Å². The van der Waals surface area contributed by atoms with Crippen molar-refractivity contribution in [1.82, 2.24) is 19.5 Å². The molecular weight excluding hydrogens is 385 g/mol. The minimum Gasteiger partial charge on any atom is -0.461 e. The third kappa shape index (κ3) is 3.73. The molecule has 0 fully saturated rings. The first-order chi connectivity index (χ1) is 14.4. The molecule has 10 heteroatoms. The number of ether oxygens (including phenoxy) is 1. The molecule has 0 amide bonds. The molecule has 0 aliphatic heterocycles. The highest BCUT2D eigenvalue weighted by atomic mass is 16.5. The predicted molar refractivity (Wildman–Crippen MR) is 112 cm³/mol. The van der Waals surface area contributed by atoms with E-state index in [2.05, 4.69) is 15.0 Å². The van der Waals surface area contributed by atoms with Gasteiger partial charge in [-0.2, -0.15) is 0 Å². The van der Waals surface area contributed by atoms with Gasteiger partial charge in [0.15, 0.2) is 11.5 Å². The van der Waals surface area contributed by atoms with E-state index in [1.54, 1.807) is 24.4 Å². The van der Waals surface area contributed by atoms with Crippen molar-refractivity contribution in [1.29, 1.82) is 0 Å². The van der Waals surface area contributed by atoms with Crippen molar-refractivity contribution in [3.8, 4) is 17.1 Å². The van der Waals surface area contributed by atoms with Crippen molar-refractivity contribution in [3.63, 3.8) is 0 Å². The molecule has 150 valence electrons. The quantitative estimate of drug-likeness (QED) is 0.329. The lowest BCUT2D eigenvalue weighted by Crippen LogP contribution is -2.30. The number of anilines is 1. The van der Waals surface area contributed by atoms with Crippen molar-refractivity contribution in [2.45, 2.75) is 13.5 Å². The maximum absolute atomic E-state index is 11.0. The number of carbonyl (C=O) groups is 1. The molecular formula is C20H18BN5O4. The lowest BCUT2D eigenvalue weighted by molar-refractivity contribution is -0.142. The molecule has 3 heterocycles. The first kappa shape index (κ1) is 19.6. The highest BCUT2D eigenvalue weighted by molar-refractivity contribution is 6.58. The molecule has 0 aliphatic carbocycles. The van der Waals surface area contributed by atoms with Gasteiger partial charge in [0, 0.05) is 30.5 Å². The summed E-state index contributed by atoms with van der Waals surface area (Å²) in [6.45, 7) is 1.53. The van der Waals surface area contributed by atoms with Crippen LogP contribution in [0, 0.1) is 0 Å². The van der Waals surface area contributed by atoms with Crippen LogP contribution in [0.4, 0.5) is 5.82 Å². The van der Waals surface area contributed by atoms with Gasteiger partial charge in [-0.1, -0.05) is 12.1 Å². The topological polar surface area (TPSA) is 136 Å². The van der Waals surface area contributed by atoms with Crippen molar-refractivity contribution in [2.24, 2.45) is 0 Å². The number of hydrogen-bond acceptors (Lipinski definition) is 8. The van der Waals surface area contributed by atoms with E-state index in [4.69, 9.17) is 10.5 Å². The van der Waals surface area contributed by atoms with Gasteiger partial charge in [-0.05, 0) is 35.9 Å². The van der Waals surface area contributed by atoms with Crippen LogP contribution in [-0.2, 0) is 16.1 Å². The smallest absolute Gasteiger partial charge is 0.461 e. The number of benzene rings is 1. The predicted octanol–water partition coefficient (Wildman–Crippen LogP) is 0.808. The standard InChI is InChI=1S/C20H18BN5O4/c1-12(27)30-11-13-4-6-15(7-5-13)26-17-9-14(21(28)29)10-24-19(17)25-20(26)16-3-2-8-23-18(16)22/h2-10,28-29H,11H2,1H3,(H2,22,23). The molecule has 4 aromatic rings. The molecule has 1 aromatic carbocycles. The van der Waals surface area contributed by atoms with Gasteiger partial charge in [0.1, 0.15) is 12.4 Å². The highest BCUT2D eigenvalue weighted by Gasteiger charge is 2.20. The van der Waals surface area contributed by atoms with Gasteiger partial charge in [-0.3, -0.25) is 9.36 Å². The SMILES string of the molecule is CC(=O)OCc1ccc(-n2c(-c3cccnc3N)nc3ncc(B(O)O)cc32)cc1. The van der Waals surface area contributed by atoms with Gasteiger partial charge in [0.05, 0.1) is 11.1 Å². The van der Waals surface area contributed by atoms with Gasteiger partial charge in [-0.25, -0.2) is 15.0 Å². The Morgan fingerprint density at radius 1 is 1.20 bits per heavy atom. The number of esters is 1. The van der Waals surface area contributed by atoms with Crippen molar-refractivity contribution in [3.05, 3.63) is 60.4 Å². The number of carbonyl (C=O) groups excluding carboxylic acids is 1. The first-order valence-corrected chi connectivity index (χ1v) is 9.12. The molecule has 4 rings (SSSR count). The third-order valence-corrected chi connectivity index (χ3v) is 4.55. The molecule has 3 aromatic heterocycles. The molecule has 0 bridgehead atoms. The number of pyridine rings is 2. The van der Waals surface area contributed by atoms with Crippen LogP contribution in [0.25, 0.3) is 28.2 Å². The summed E-state index contributed by atoms with van der Waals surface area (Å²) in [6, 6.07) is 12.5. The number of nitrogens with zero attached hydrogens (tertiary/aromatic N) is 4. The minimum atomic E-state index is -1.66. The van der Waals surface area contributed by atoms with E-state index in [9.17, 15) is 14.8 Å². The fourth-order valence-corrected chi connectivity index (χ4v) is 3.09. The Kier molecular flexibility index (Phi) is 5.17. The Morgan fingerprint density at radius 3 is 2.63 bits per heavy atom. The van der Waals surface area contributed by atoms with Gasteiger partial charge < -0.3 is 20.5 Å². The molecule has 0 aliphatic rings. The zero-order chi connectivity index (χ0) is 21.3. The molecule has 0 atom stereocenters. The summed E-state index contributed by atoms with van der Waals surface area (Å²) in [6.07, 6.45) is 2.96. The second kappa shape index (κ2) is 7.93. The fraction of sp³-hybridized carbons (Fsp3) is 0.100. The molecule has 0 spiro atoms. The minimum absolute atomic E-state index is 0.172. The first-order valence-electron chi connectivity index (χ1n) is 9.12. The second-order valence-corrected chi connectivity index (χ2v) is 6.64. The van der Waals surface area contributed by atoms with Crippen LogP contribution < -0.4 is 11.2 Å². The van der Waals surface area contributed by atoms with Crippen LogP contribution in [0.1, 0.15) is 12.5 Å². The highest BCUT2D eigenvalue weighted by Crippen LogP contribution is 2.30. The maximum Gasteiger partial charge on any atom is 0.490 e. The summed E-state index contributed by atoms with van der Waals surface area (Å²) in [5, 5.41) is 19.1. The summed E-state index contributed by atoms with van der Waals surface area (Å²) in [5.41, 5.74) is 9.49. The zero-order valence-corrected chi connectivity index (χ0v) is 16.1. The summed E-state index contributed by atoms with van der Waals surface area (Å²) in [5.74, 6) is 0.471. The van der Waals surface area contributed by atoms with Crippen LogP contribution in [0.3, 0.4) is 0 Å². The number of rotatable bonds is 5. The van der Waals surface area contributed by atoms with Crippen molar-refractivity contribution in [2.75, 3.05) is 5.73 Å².